The number of hydrogen-bond donors (Lipinski definition) is 2. The zero-order chi connectivity index (χ0) is 17.5. The molecule has 1 aromatic rings. The van der Waals surface area contributed by atoms with Gasteiger partial charge in [0.2, 0.25) is 5.91 Å². The minimum absolute atomic E-state index is 0.0705. The van der Waals surface area contributed by atoms with Crippen molar-refractivity contribution >= 4 is 11.8 Å². The fourth-order valence-electron chi connectivity index (χ4n) is 2.81. The average Bonchev–Trinajstić information content (AvgIpc) is 2.60. The molecule has 0 saturated carbocycles. The maximum absolute atomic E-state index is 12.7. The van der Waals surface area contributed by atoms with Crippen LogP contribution in [0.3, 0.4) is 0 Å². The van der Waals surface area contributed by atoms with Gasteiger partial charge < -0.3 is 9.64 Å². The molecule has 1 heterocycles. The minimum atomic E-state index is -0.238. The van der Waals surface area contributed by atoms with Crippen molar-refractivity contribution in [2.24, 2.45) is 17.7 Å². The van der Waals surface area contributed by atoms with E-state index >= 15 is 0 Å². The van der Waals surface area contributed by atoms with E-state index in [1.165, 1.54) is 0 Å². The molecule has 0 aromatic heterocycles. The topological polar surface area (TPSA) is 84.7 Å². The van der Waals surface area contributed by atoms with Crippen molar-refractivity contribution < 1.29 is 14.3 Å². The molecule has 0 aliphatic carbocycles. The molecular weight excluding hydrogens is 306 g/mol. The monoisotopic (exact) mass is 333 g/mol. The summed E-state index contributed by atoms with van der Waals surface area (Å²) in [5, 5.41) is 0. The van der Waals surface area contributed by atoms with Crippen LogP contribution in [0.1, 0.15) is 43.5 Å². The van der Waals surface area contributed by atoms with Crippen molar-refractivity contribution in [2.45, 2.75) is 33.1 Å². The molecule has 1 unspecified atom stereocenters. The Morgan fingerprint density at radius 2 is 2.21 bits per heavy atom. The molecule has 1 aliphatic rings. The smallest absolute Gasteiger partial charge is 0.254 e. The molecular formula is C18H27N3O3. The molecule has 1 atom stereocenters. The lowest BCUT2D eigenvalue weighted by Gasteiger charge is -2.31. The third kappa shape index (κ3) is 4.96. The molecule has 1 saturated heterocycles. The molecule has 24 heavy (non-hydrogen) atoms. The maximum Gasteiger partial charge on any atom is 0.254 e. The van der Waals surface area contributed by atoms with Gasteiger partial charge in [0.25, 0.3) is 5.91 Å². The fourth-order valence-corrected chi connectivity index (χ4v) is 2.81. The molecule has 1 fully saturated rings. The molecule has 3 N–H and O–H groups in total. The van der Waals surface area contributed by atoms with Gasteiger partial charge in [0.1, 0.15) is 5.75 Å². The number of carbonyl (C=O) groups excluding carboxylic acids is 2. The Morgan fingerprint density at radius 1 is 1.42 bits per heavy atom. The molecule has 1 aliphatic heterocycles. The van der Waals surface area contributed by atoms with Crippen molar-refractivity contribution in [3.05, 3.63) is 29.8 Å². The Labute approximate surface area is 143 Å². The second-order valence-corrected chi connectivity index (χ2v) is 6.66. The first-order valence-electron chi connectivity index (χ1n) is 8.54. The highest BCUT2D eigenvalue weighted by atomic mass is 16.5. The van der Waals surface area contributed by atoms with Gasteiger partial charge in [0.05, 0.1) is 12.5 Å². The summed E-state index contributed by atoms with van der Waals surface area (Å²) in [4.78, 5) is 26.1. The number of amides is 2. The van der Waals surface area contributed by atoms with E-state index in [1.807, 2.05) is 12.1 Å². The first-order valence-corrected chi connectivity index (χ1v) is 8.54. The number of piperidine rings is 1. The van der Waals surface area contributed by atoms with E-state index in [1.54, 1.807) is 17.0 Å². The lowest BCUT2D eigenvalue weighted by atomic mass is 9.96. The second kappa shape index (κ2) is 8.68. The summed E-state index contributed by atoms with van der Waals surface area (Å²) in [7, 11) is 0. The summed E-state index contributed by atoms with van der Waals surface area (Å²) in [5.41, 5.74) is 2.77. The SMILES string of the molecule is CC(C)CCOc1cccc(C(=O)N2CCCC(C(=O)NN)C2)c1. The number of hydrazine groups is 1. The zero-order valence-electron chi connectivity index (χ0n) is 14.5. The Bertz CT molecular complexity index is 574. The molecule has 0 spiro atoms. The van der Waals surface area contributed by atoms with E-state index in [-0.39, 0.29) is 17.7 Å². The van der Waals surface area contributed by atoms with Crippen LogP contribution in [0.15, 0.2) is 24.3 Å². The van der Waals surface area contributed by atoms with Crippen LogP contribution >= 0.6 is 0 Å². The Balaban J connectivity index is 1.99. The summed E-state index contributed by atoms with van der Waals surface area (Å²) in [5.74, 6) is 5.97. The van der Waals surface area contributed by atoms with Crippen molar-refractivity contribution in [2.75, 3.05) is 19.7 Å². The molecule has 0 bridgehead atoms. The van der Waals surface area contributed by atoms with Crippen molar-refractivity contribution in [3.63, 3.8) is 0 Å². The van der Waals surface area contributed by atoms with Crippen LogP contribution in [0.25, 0.3) is 0 Å². The summed E-state index contributed by atoms with van der Waals surface area (Å²) in [6.07, 6.45) is 2.53. The highest BCUT2D eigenvalue weighted by Crippen LogP contribution is 2.21. The van der Waals surface area contributed by atoms with Gasteiger partial charge in [0.15, 0.2) is 0 Å². The minimum Gasteiger partial charge on any atom is -0.494 e. The van der Waals surface area contributed by atoms with Gasteiger partial charge in [-0.05, 0) is 43.4 Å². The lowest BCUT2D eigenvalue weighted by molar-refractivity contribution is -0.126. The number of hydrogen-bond acceptors (Lipinski definition) is 4. The van der Waals surface area contributed by atoms with Crippen LogP contribution < -0.4 is 16.0 Å². The van der Waals surface area contributed by atoms with Crippen LogP contribution in [0.4, 0.5) is 0 Å². The molecule has 1 aromatic carbocycles. The largest absolute Gasteiger partial charge is 0.494 e. The highest BCUT2D eigenvalue weighted by molar-refractivity contribution is 5.95. The van der Waals surface area contributed by atoms with Gasteiger partial charge in [-0.2, -0.15) is 0 Å². The lowest BCUT2D eigenvalue weighted by Crippen LogP contribution is -2.47. The van der Waals surface area contributed by atoms with Gasteiger partial charge in [-0.15, -0.1) is 0 Å². The Kier molecular flexibility index (Phi) is 6.61. The number of ether oxygens (including phenoxy) is 1. The van der Waals surface area contributed by atoms with E-state index < -0.39 is 0 Å². The average molecular weight is 333 g/mol. The Hall–Kier alpha value is -2.08. The fraction of sp³-hybridized carbons (Fsp3) is 0.556. The molecule has 6 nitrogen and oxygen atoms in total. The Morgan fingerprint density at radius 3 is 2.92 bits per heavy atom. The third-order valence-electron chi connectivity index (χ3n) is 4.27. The van der Waals surface area contributed by atoms with E-state index in [2.05, 4.69) is 19.3 Å². The highest BCUT2D eigenvalue weighted by Gasteiger charge is 2.28. The number of nitrogens with two attached hydrogens (primary N) is 1. The van der Waals surface area contributed by atoms with Crippen molar-refractivity contribution in [1.29, 1.82) is 0 Å². The van der Waals surface area contributed by atoms with Crippen LogP contribution in [0, 0.1) is 11.8 Å². The van der Waals surface area contributed by atoms with E-state index in [0.29, 0.717) is 36.9 Å². The molecule has 6 heteroatoms. The third-order valence-corrected chi connectivity index (χ3v) is 4.27. The predicted molar refractivity (Wildman–Crippen MR) is 92.3 cm³/mol. The van der Waals surface area contributed by atoms with Gasteiger partial charge in [-0.1, -0.05) is 19.9 Å². The molecule has 0 radical (unpaired) electrons. The normalized spacial score (nSPS) is 17.7. The van der Waals surface area contributed by atoms with Crippen LogP contribution in [-0.2, 0) is 4.79 Å². The summed E-state index contributed by atoms with van der Waals surface area (Å²) in [6, 6.07) is 7.24. The number of nitrogens with zero attached hydrogens (tertiary/aromatic N) is 1. The summed E-state index contributed by atoms with van der Waals surface area (Å²) < 4.78 is 5.72. The summed E-state index contributed by atoms with van der Waals surface area (Å²) in [6.45, 7) is 5.99. The van der Waals surface area contributed by atoms with Crippen molar-refractivity contribution in [1.82, 2.24) is 10.3 Å². The standard InChI is InChI=1S/C18H27N3O3/c1-13(2)8-10-24-16-7-3-5-14(11-16)18(23)21-9-4-6-15(12-21)17(22)20-19/h3,5,7,11,13,15H,4,6,8-10,12,19H2,1-2H3,(H,20,22). The number of nitrogens with one attached hydrogen (secondary N) is 1. The van der Waals surface area contributed by atoms with Crippen LogP contribution in [0.2, 0.25) is 0 Å². The number of carbonyl (C=O) groups is 2. The van der Waals surface area contributed by atoms with E-state index in [0.717, 1.165) is 19.3 Å². The molecule has 2 rings (SSSR count). The van der Waals surface area contributed by atoms with Gasteiger partial charge in [-0.3, -0.25) is 15.0 Å². The van der Waals surface area contributed by atoms with Crippen molar-refractivity contribution in [3.8, 4) is 5.75 Å². The van der Waals surface area contributed by atoms with Crippen LogP contribution in [0.5, 0.6) is 5.75 Å². The van der Waals surface area contributed by atoms with Gasteiger partial charge in [-0.25, -0.2) is 5.84 Å². The first kappa shape index (κ1) is 18.3. The molecule has 132 valence electrons. The van der Waals surface area contributed by atoms with E-state index in [9.17, 15) is 9.59 Å². The maximum atomic E-state index is 12.7. The quantitative estimate of drug-likeness (QED) is 0.473. The summed E-state index contributed by atoms with van der Waals surface area (Å²) >= 11 is 0. The first-order chi connectivity index (χ1) is 11.5. The number of rotatable bonds is 6. The second-order valence-electron chi connectivity index (χ2n) is 6.66. The zero-order valence-corrected chi connectivity index (χ0v) is 14.5. The van der Waals surface area contributed by atoms with Gasteiger partial charge in [0, 0.05) is 18.7 Å². The van der Waals surface area contributed by atoms with Gasteiger partial charge >= 0.3 is 0 Å². The number of benzene rings is 1. The van der Waals surface area contributed by atoms with E-state index in [4.69, 9.17) is 10.6 Å². The van der Waals surface area contributed by atoms with Crippen LogP contribution in [-0.4, -0.2) is 36.4 Å². The predicted octanol–water partition coefficient (Wildman–Crippen LogP) is 1.95. The number of likely N-dealkylation sites (tertiary alicyclic amines) is 1. The molecule has 2 amide bonds.